The number of benzene rings is 2. The number of carbonyl (C=O) groups excluding carboxylic acids is 2. The highest BCUT2D eigenvalue weighted by Gasteiger charge is 2.49. The maximum absolute atomic E-state index is 12.8. The minimum absolute atomic E-state index is 0.260. The monoisotopic (exact) mass is 280 g/mol. The minimum Gasteiger partial charge on any atom is -0.319 e. The lowest BCUT2D eigenvalue weighted by molar-refractivity contribution is -0.121. The predicted octanol–water partition coefficient (Wildman–Crippen LogP) is 2.97. The van der Waals surface area contributed by atoms with Crippen LogP contribution >= 0.6 is 0 Å². The summed E-state index contributed by atoms with van der Waals surface area (Å²) in [5.41, 5.74) is 1.35. The molecule has 1 unspecified atom stereocenters. The van der Waals surface area contributed by atoms with Crippen molar-refractivity contribution < 1.29 is 9.59 Å². The molecule has 0 saturated carbocycles. The molecule has 0 spiro atoms. The Balaban J connectivity index is 2.04. The summed E-state index contributed by atoms with van der Waals surface area (Å²) in [6.45, 7) is 3.66. The summed E-state index contributed by atoms with van der Waals surface area (Å²) in [4.78, 5) is 26.3. The van der Waals surface area contributed by atoms with Crippen molar-refractivity contribution >= 4 is 17.6 Å². The molecule has 1 aliphatic heterocycles. The number of hydrogen-bond donors (Lipinski definition) is 1. The van der Waals surface area contributed by atoms with E-state index in [1.165, 1.54) is 4.90 Å². The Morgan fingerprint density at radius 1 is 1.00 bits per heavy atom. The molecule has 0 radical (unpaired) electrons. The van der Waals surface area contributed by atoms with E-state index in [0.29, 0.717) is 5.69 Å². The molecule has 106 valence electrons. The van der Waals surface area contributed by atoms with Crippen molar-refractivity contribution in [2.75, 3.05) is 4.90 Å². The summed E-state index contributed by atoms with van der Waals surface area (Å²) >= 11 is 0. The molecule has 1 fully saturated rings. The van der Waals surface area contributed by atoms with Crippen LogP contribution in [0.1, 0.15) is 18.1 Å². The van der Waals surface area contributed by atoms with Crippen molar-refractivity contribution in [1.29, 1.82) is 0 Å². The molecule has 3 amide bonds. The summed E-state index contributed by atoms with van der Waals surface area (Å²) in [6, 6.07) is 16.3. The fourth-order valence-corrected chi connectivity index (χ4v) is 2.61. The third-order valence-electron chi connectivity index (χ3n) is 3.80. The number of anilines is 1. The molecule has 0 bridgehead atoms. The van der Waals surface area contributed by atoms with Crippen molar-refractivity contribution in [3.8, 4) is 0 Å². The standard InChI is InChI=1S/C17H16N2O2/c1-12-7-6-10-14(11-12)19-15(20)17(2,18-16(19)21)13-8-4-3-5-9-13/h3-11H,1-2H3,(H,18,21). The van der Waals surface area contributed by atoms with Crippen molar-refractivity contribution in [1.82, 2.24) is 5.32 Å². The van der Waals surface area contributed by atoms with Gasteiger partial charge in [0.05, 0.1) is 5.69 Å². The van der Waals surface area contributed by atoms with E-state index < -0.39 is 11.6 Å². The van der Waals surface area contributed by atoms with Gasteiger partial charge in [-0.3, -0.25) is 4.79 Å². The average Bonchev–Trinajstić information content (AvgIpc) is 2.71. The molecule has 2 aromatic rings. The smallest absolute Gasteiger partial charge is 0.319 e. The first-order valence-electron chi connectivity index (χ1n) is 6.81. The number of carbonyl (C=O) groups is 2. The Labute approximate surface area is 123 Å². The molecule has 4 heteroatoms. The first-order valence-corrected chi connectivity index (χ1v) is 6.81. The first kappa shape index (κ1) is 13.4. The van der Waals surface area contributed by atoms with Gasteiger partial charge in [-0.2, -0.15) is 0 Å². The van der Waals surface area contributed by atoms with Crippen LogP contribution in [0.15, 0.2) is 54.6 Å². The second-order valence-corrected chi connectivity index (χ2v) is 5.40. The fraction of sp³-hybridized carbons (Fsp3) is 0.176. The van der Waals surface area contributed by atoms with Crippen LogP contribution < -0.4 is 10.2 Å². The highest BCUT2D eigenvalue weighted by Crippen LogP contribution is 2.32. The molecule has 1 N–H and O–H groups in total. The Morgan fingerprint density at radius 2 is 1.71 bits per heavy atom. The summed E-state index contributed by atoms with van der Waals surface area (Å²) < 4.78 is 0. The lowest BCUT2D eigenvalue weighted by Crippen LogP contribution is -2.40. The number of hydrogen-bond acceptors (Lipinski definition) is 2. The van der Waals surface area contributed by atoms with Crippen LogP contribution in [-0.4, -0.2) is 11.9 Å². The molecule has 4 nitrogen and oxygen atoms in total. The molecular weight excluding hydrogens is 264 g/mol. The van der Waals surface area contributed by atoms with E-state index in [1.807, 2.05) is 55.5 Å². The molecule has 1 aliphatic rings. The number of amides is 3. The van der Waals surface area contributed by atoms with Crippen LogP contribution in [-0.2, 0) is 10.3 Å². The molecule has 0 aliphatic carbocycles. The zero-order chi connectivity index (χ0) is 15.0. The maximum atomic E-state index is 12.8. The van der Waals surface area contributed by atoms with E-state index in [9.17, 15) is 9.59 Å². The van der Waals surface area contributed by atoms with Crippen molar-refractivity contribution in [3.05, 3.63) is 65.7 Å². The zero-order valence-corrected chi connectivity index (χ0v) is 12.0. The quantitative estimate of drug-likeness (QED) is 0.860. The highest BCUT2D eigenvalue weighted by atomic mass is 16.2. The van der Waals surface area contributed by atoms with Crippen LogP contribution in [0, 0.1) is 6.92 Å². The maximum Gasteiger partial charge on any atom is 0.329 e. The highest BCUT2D eigenvalue weighted by molar-refractivity contribution is 6.23. The second-order valence-electron chi connectivity index (χ2n) is 5.40. The molecule has 1 saturated heterocycles. The topological polar surface area (TPSA) is 49.4 Å². The SMILES string of the molecule is Cc1cccc(N2C(=O)NC(C)(c3ccccc3)C2=O)c1. The van der Waals surface area contributed by atoms with Crippen LogP contribution in [0.25, 0.3) is 0 Å². The fourth-order valence-electron chi connectivity index (χ4n) is 2.61. The van der Waals surface area contributed by atoms with Gasteiger partial charge >= 0.3 is 6.03 Å². The number of nitrogens with one attached hydrogen (secondary N) is 1. The number of aryl methyl sites for hydroxylation is 1. The zero-order valence-electron chi connectivity index (χ0n) is 12.0. The Hall–Kier alpha value is -2.62. The number of imide groups is 1. The third kappa shape index (κ3) is 2.09. The summed E-state index contributed by atoms with van der Waals surface area (Å²) in [5, 5.41) is 2.80. The van der Waals surface area contributed by atoms with Gasteiger partial charge in [-0.05, 0) is 37.1 Å². The summed E-state index contributed by atoms with van der Waals surface area (Å²) in [7, 11) is 0. The molecule has 1 atom stereocenters. The van der Waals surface area contributed by atoms with E-state index in [4.69, 9.17) is 0 Å². The molecule has 21 heavy (non-hydrogen) atoms. The van der Waals surface area contributed by atoms with Gasteiger partial charge in [0.1, 0.15) is 5.54 Å². The average molecular weight is 280 g/mol. The number of rotatable bonds is 2. The summed E-state index contributed by atoms with van der Waals surface area (Å²) in [5.74, 6) is -0.260. The summed E-state index contributed by atoms with van der Waals surface area (Å²) in [6.07, 6.45) is 0. The first-order chi connectivity index (χ1) is 10.0. The van der Waals surface area contributed by atoms with Crippen LogP contribution in [0.5, 0.6) is 0 Å². The number of nitrogens with zero attached hydrogens (tertiary/aromatic N) is 1. The molecule has 3 rings (SSSR count). The largest absolute Gasteiger partial charge is 0.329 e. The van der Waals surface area contributed by atoms with E-state index in [-0.39, 0.29) is 5.91 Å². The lowest BCUT2D eigenvalue weighted by atomic mass is 9.92. The predicted molar refractivity (Wildman–Crippen MR) is 81.0 cm³/mol. The molecule has 0 aromatic heterocycles. The van der Waals surface area contributed by atoms with Crippen molar-refractivity contribution in [3.63, 3.8) is 0 Å². The van der Waals surface area contributed by atoms with Gasteiger partial charge in [-0.1, -0.05) is 42.5 Å². The molecular formula is C17H16N2O2. The number of urea groups is 1. The van der Waals surface area contributed by atoms with E-state index >= 15 is 0 Å². The normalized spacial score (nSPS) is 21.5. The van der Waals surface area contributed by atoms with E-state index in [2.05, 4.69) is 5.32 Å². The van der Waals surface area contributed by atoms with E-state index in [1.54, 1.807) is 13.0 Å². The Morgan fingerprint density at radius 3 is 2.38 bits per heavy atom. The molecule has 2 aromatic carbocycles. The van der Waals surface area contributed by atoms with Crippen LogP contribution in [0.4, 0.5) is 10.5 Å². The lowest BCUT2D eigenvalue weighted by Gasteiger charge is -2.22. The van der Waals surface area contributed by atoms with E-state index in [0.717, 1.165) is 11.1 Å². The van der Waals surface area contributed by atoms with Gasteiger partial charge in [0, 0.05) is 0 Å². The van der Waals surface area contributed by atoms with Crippen LogP contribution in [0.3, 0.4) is 0 Å². The minimum atomic E-state index is -1.03. The van der Waals surface area contributed by atoms with Crippen LogP contribution in [0.2, 0.25) is 0 Å². The second kappa shape index (κ2) is 4.74. The van der Waals surface area contributed by atoms with Crippen molar-refractivity contribution in [2.45, 2.75) is 19.4 Å². The van der Waals surface area contributed by atoms with Gasteiger partial charge in [0.25, 0.3) is 5.91 Å². The third-order valence-corrected chi connectivity index (χ3v) is 3.80. The van der Waals surface area contributed by atoms with Gasteiger partial charge in [0.15, 0.2) is 0 Å². The van der Waals surface area contributed by atoms with Gasteiger partial charge < -0.3 is 5.32 Å². The van der Waals surface area contributed by atoms with Gasteiger partial charge in [-0.25, -0.2) is 9.69 Å². The Kier molecular flexibility index (Phi) is 3.01. The Bertz CT molecular complexity index is 712. The molecule has 1 heterocycles. The van der Waals surface area contributed by atoms with Gasteiger partial charge in [0.2, 0.25) is 0 Å². The van der Waals surface area contributed by atoms with Crippen molar-refractivity contribution in [2.24, 2.45) is 0 Å². The van der Waals surface area contributed by atoms with Gasteiger partial charge in [-0.15, -0.1) is 0 Å².